The molecule has 1 aromatic rings. The molecule has 2 rings (SSSR count). The van der Waals surface area contributed by atoms with Crippen LogP contribution in [0.5, 0.6) is 0 Å². The second-order valence-electron chi connectivity index (χ2n) is 2.80. The molecular weight excluding hydrogens is 191 g/mol. The lowest BCUT2D eigenvalue weighted by atomic mass is 10.3. The summed E-state index contributed by atoms with van der Waals surface area (Å²) in [4.78, 5) is 0. The van der Waals surface area contributed by atoms with Gasteiger partial charge in [0.05, 0.1) is 5.69 Å². The summed E-state index contributed by atoms with van der Waals surface area (Å²) in [5.41, 5.74) is 0.484. The van der Waals surface area contributed by atoms with Gasteiger partial charge in [0.15, 0.2) is 0 Å². The van der Waals surface area contributed by atoms with Crippen molar-refractivity contribution >= 4 is 22.5 Å². The molecule has 0 unspecified atom stereocenters. The van der Waals surface area contributed by atoms with Gasteiger partial charge in [0.1, 0.15) is 11.0 Å². The van der Waals surface area contributed by atoms with Crippen LogP contribution in [0.25, 0.3) is 0 Å². The number of hydrazone groups is 1. The Labute approximate surface area is 80.6 Å². The number of halogens is 2. The Kier molecular flexibility index (Phi) is 2.19. The van der Waals surface area contributed by atoms with Crippen LogP contribution in [0.3, 0.4) is 0 Å². The fourth-order valence-electron chi connectivity index (χ4n) is 1.26. The molecule has 0 spiro atoms. The molecule has 0 aromatic heterocycles. The van der Waals surface area contributed by atoms with Crippen LogP contribution in [0.1, 0.15) is 6.42 Å². The zero-order valence-electron chi connectivity index (χ0n) is 6.87. The largest absolute Gasteiger partial charge is 0.261 e. The first-order valence-electron chi connectivity index (χ1n) is 4.02. The first kappa shape index (κ1) is 8.51. The van der Waals surface area contributed by atoms with Crippen molar-refractivity contribution in [2.24, 2.45) is 5.10 Å². The molecule has 0 fully saturated rings. The lowest BCUT2D eigenvalue weighted by Gasteiger charge is -2.13. The topological polar surface area (TPSA) is 15.6 Å². The quantitative estimate of drug-likeness (QED) is 0.677. The molecule has 0 N–H and O–H groups in total. The molecule has 1 heterocycles. The molecule has 0 atom stereocenters. The van der Waals surface area contributed by atoms with Gasteiger partial charge < -0.3 is 0 Å². The standard InChI is InChI=1S/C9H8ClFN2/c10-9-5-6-13(12-9)8-4-2-1-3-7(8)11/h1-4H,5-6H2. The van der Waals surface area contributed by atoms with Crippen LogP contribution < -0.4 is 5.01 Å². The molecule has 0 radical (unpaired) electrons. The summed E-state index contributed by atoms with van der Waals surface area (Å²) in [6, 6.07) is 6.53. The minimum atomic E-state index is -0.266. The van der Waals surface area contributed by atoms with E-state index in [0.717, 1.165) is 0 Å². The summed E-state index contributed by atoms with van der Waals surface area (Å²) in [6.45, 7) is 0.653. The molecule has 0 amide bonds. The molecule has 0 saturated heterocycles. The summed E-state index contributed by atoms with van der Waals surface area (Å²) in [5, 5.41) is 6.11. The molecule has 0 saturated carbocycles. The Morgan fingerprint density at radius 2 is 2.15 bits per heavy atom. The lowest BCUT2D eigenvalue weighted by Crippen LogP contribution is -2.13. The molecular formula is C9H8ClFN2. The second kappa shape index (κ2) is 3.34. The van der Waals surface area contributed by atoms with E-state index >= 15 is 0 Å². The average Bonchev–Trinajstić information content (AvgIpc) is 2.53. The number of rotatable bonds is 1. The maximum absolute atomic E-state index is 13.2. The number of nitrogens with zero attached hydrogens (tertiary/aromatic N) is 2. The first-order valence-corrected chi connectivity index (χ1v) is 4.40. The minimum absolute atomic E-state index is 0.266. The van der Waals surface area contributed by atoms with Crippen molar-refractivity contribution < 1.29 is 4.39 Å². The van der Waals surface area contributed by atoms with Crippen molar-refractivity contribution in [2.75, 3.05) is 11.6 Å². The van der Waals surface area contributed by atoms with E-state index < -0.39 is 0 Å². The Balaban J connectivity index is 2.31. The Morgan fingerprint density at radius 3 is 2.77 bits per heavy atom. The van der Waals surface area contributed by atoms with E-state index in [1.807, 2.05) is 0 Å². The molecule has 1 aliphatic heterocycles. The fraction of sp³-hybridized carbons (Fsp3) is 0.222. The van der Waals surface area contributed by atoms with E-state index in [4.69, 9.17) is 11.6 Å². The van der Waals surface area contributed by atoms with Gasteiger partial charge in [0, 0.05) is 13.0 Å². The highest BCUT2D eigenvalue weighted by Crippen LogP contribution is 2.22. The van der Waals surface area contributed by atoms with E-state index in [2.05, 4.69) is 5.10 Å². The molecule has 1 aromatic carbocycles. The van der Waals surface area contributed by atoms with Gasteiger partial charge in [-0.15, -0.1) is 0 Å². The highest BCUT2D eigenvalue weighted by molar-refractivity contribution is 6.65. The van der Waals surface area contributed by atoms with Crippen molar-refractivity contribution in [1.29, 1.82) is 0 Å². The fourth-order valence-corrected chi connectivity index (χ4v) is 1.44. The molecule has 13 heavy (non-hydrogen) atoms. The van der Waals surface area contributed by atoms with E-state index in [9.17, 15) is 4.39 Å². The minimum Gasteiger partial charge on any atom is -0.261 e. The predicted octanol–water partition coefficient (Wildman–Crippen LogP) is 2.59. The third-order valence-corrected chi connectivity index (χ3v) is 2.15. The highest BCUT2D eigenvalue weighted by Gasteiger charge is 2.16. The van der Waals surface area contributed by atoms with Crippen LogP contribution >= 0.6 is 11.6 Å². The van der Waals surface area contributed by atoms with Gasteiger partial charge in [-0.2, -0.15) is 5.10 Å². The van der Waals surface area contributed by atoms with Crippen molar-refractivity contribution in [1.82, 2.24) is 0 Å². The Hall–Kier alpha value is -1.09. The molecule has 0 bridgehead atoms. The smallest absolute Gasteiger partial charge is 0.148 e. The van der Waals surface area contributed by atoms with Gasteiger partial charge in [-0.05, 0) is 12.1 Å². The molecule has 2 nitrogen and oxygen atoms in total. The summed E-state index contributed by atoms with van der Waals surface area (Å²) < 4.78 is 13.2. The molecule has 4 heteroatoms. The summed E-state index contributed by atoms with van der Waals surface area (Å²) in [7, 11) is 0. The van der Waals surface area contributed by atoms with Crippen LogP contribution in [0.15, 0.2) is 29.4 Å². The summed E-state index contributed by atoms with van der Waals surface area (Å²) in [6.07, 6.45) is 0.690. The molecule has 1 aliphatic rings. The third kappa shape index (κ3) is 1.65. The van der Waals surface area contributed by atoms with Crippen molar-refractivity contribution in [3.63, 3.8) is 0 Å². The van der Waals surface area contributed by atoms with Crippen molar-refractivity contribution in [3.05, 3.63) is 30.1 Å². The Bertz CT molecular complexity index is 351. The van der Waals surface area contributed by atoms with Crippen LogP contribution in [-0.4, -0.2) is 11.7 Å². The Morgan fingerprint density at radius 1 is 1.38 bits per heavy atom. The number of hydrogen-bond donors (Lipinski definition) is 0. The zero-order valence-corrected chi connectivity index (χ0v) is 7.63. The van der Waals surface area contributed by atoms with Gasteiger partial charge in [-0.1, -0.05) is 23.7 Å². The van der Waals surface area contributed by atoms with Gasteiger partial charge >= 0.3 is 0 Å². The van der Waals surface area contributed by atoms with Gasteiger partial charge in [-0.3, -0.25) is 5.01 Å². The number of anilines is 1. The van der Waals surface area contributed by atoms with Gasteiger partial charge in [0.25, 0.3) is 0 Å². The third-order valence-electron chi connectivity index (χ3n) is 1.89. The maximum Gasteiger partial charge on any atom is 0.148 e. The van der Waals surface area contributed by atoms with Crippen molar-refractivity contribution in [3.8, 4) is 0 Å². The lowest BCUT2D eigenvalue weighted by molar-refractivity contribution is 0.622. The van der Waals surface area contributed by atoms with Crippen molar-refractivity contribution in [2.45, 2.75) is 6.42 Å². The van der Waals surface area contributed by atoms with E-state index in [1.165, 1.54) is 6.07 Å². The van der Waals surface area contributed by atoms with Crippen LogP contribution in [0, 0.1) is 5.82 Å². The van der Waals surface area contributed by atoms with Crippen LogP contribution in [-0.2, 0) is 0 Å². The number of para-hydroxylation sites is 1. The molecule has 0 aliphatic carbocycles. The van der Waals surface area contributed by atoms with E-state index in [1.54, 1.807) is 23.2 Å². The predicted molar refractivity (Wildman–Crippen MR) is 51.7 cm³/mol. The highest BCUT2D eigenvalue weighted by atomic mass is 35.5. The van der Waals surface area contributed by atoms with E-state index in [0.29, 0.717) is 23.8 Å². The summed E-state index contributed by atoms with van der Waals surface area (Å²) in [5.74, 6) is -0.266. The second-order valence-corrected chi connectivity index (χ2v) is 3.24. The van der Waals surface area contributed by atoms with Gasteiger partial charge in [-0.25, -0.2) is 4.39 Å². The van der Waals surface area contributed by atoms with Crippen LogP contribution in [0.2, 0.25) is 0 Å². The van der Waals surface area contributed by atoms with E-state index in [-0.39, 0.29) is 5.82 Å². The first-order chi connectivity index (χ1) is 6.27. The molecule has 68 valence electrons. The van der Waals surface area contributed by atoms with Crippen LogP contribution in [0.4, 0.5) is 10.1 Å². The SMILES string of the molecule is Fc1ccccc1N1CCC(Cl)=N1. The number of benzene rings is 1. The average molecular weight is 199 g/mol. The summed E-state index contributed by atoms with van der Waals surface area (Å²) >= 11 is 5.70. The van der Waals surface area contributed by atoms with Gasteiger partial charge in [0.2, 0.25) is 0 Å². The number of hydrogen-bond acceptors (Lipinski definition) is 2. The zero-order chi connectivity index (χ0) is 9.26. The maximum atomic E-state index is 13.2. The normalized spacial score (nSPS) is 16.2. The monoisotopic (exact) mass is 198 g/mol.